The van der Waals surface area contributed by atoms with Crippen LogP contribution in [0, 0.1) is 11.6 Å². The van der Waals surface area contributed by atoms with Crippen molar-refractivity contribution in [3.8, 4) is 5.75 Å². The topological polar surface area (TPSA) is 41.6 Å². The zero-order valence-electron chi connectivity index (χ0n) is 13.5. The van der Waals surface area contributed by atoms with Gasteiger partial charge in [0.25, 0.3) is 0 Å². The van der Waals surface area contributed by atoms with E-state index in [1.54, 1.807) is 4.90 Å². The molecule has 0 radical (unpaired) electrons. The molecule has 1 N–H and O–H groups in total. The molecule has 0 aliphatic heterocycles. The largest absolute Gasteiger partial charge is 0.489 e. The maximum absolute atomic E-state index is 13.4. The molecule has 0 saturated heterocycles. The van der Waals surface area contributed by atoms with Crippen LogP contribution in [0.2, 0.25) is 0 Å². The van der Waals surface area contributed by atoms with Crippen molar-refractivity contribution in [3.63, 3.8) is 0 Å². The van der Waals surface area contributed by atoms with Crippen LogP contribution in [0.25, 0.3) is 0 Å². The Balaban J connectivity index is 1.77. The Labute approximate surface area is 140 Å². The van der Waals surface area contributed by atoms with Gasteiger partial charge in [0.1, 0.15) is 12.4 Å². The first-order valence-corrected chi connectivity index (χ1v) is 7.74. The van der Waals surface area contributed by atoms with Crippen LogP contribution in [0.15, 0.2) is 48.5 Å². The lowest BCUT2D eigenvalue weighted by Gasteiger charge is -2.21. The first kappa shape index (κ1) is 17.7. The van der Waals surface area contributed by atoms with E-state index in [1.807, 2.05) is 37.3 Å². The standard InChI is InChI=1S/C18H20F2N2O2/c1-2-22(13-14-6-4-3-5-7-14)18(23)21-10-11-24-17-9-8-15(19)12-16(17)20/h3-9,12H,2,10-11,13H2,1H3,(H,21,23). The van der Waals surface area contributed by atoms with E-state index in [2.05, 4.69) is 5.32 Å². The van der Waals surface area contributed by atoms with E-state index in [4.69, 9.17) is 4.74 Å². The van der Waals surface area contributed by atoms with Crippen molar-refractivity contribution in [1.29, 1.82) is 0 Å². The highest BCUT2D eigenvalue weighted by molar-refractivity contribution is 5.74. The quantitative estimate of drug-likeness (QED) is 0.787. The number of ether oxygens (including phenoxy) is 1. The second-order valence-electron chi connectivity index (χ2n) is 5.15. The van der Waals surface area contributed by atoms with E-state index in [0.29, 0.717) is 13.1 Å². The fraction of sp³-hybridized carbons (Fsp3) is 0.278. The van der Waals surface area contributed by atoms with Crippen molar-refractivity contribution in [2.45, 2.75) is 13.5 Å². The summed E-state index contributed by atoms with van der Waals surface area (Å²) in [5, 5.41) is 2.72. The number of urea groups is 1. The van der Waals surface area contributed by atoms with Crippen LogP contribution < -0.4 is 10.1 Å². The molecule has 0 unspecified atom stereocenters. The number of hydrogen-bond acceptors (Lipinski definition) is 2. The molecule has 2 rings (SSSR count). The Morgan fingerprint density at radius 1 is 1.17 bits per heavy atom. The predicted octanol–water partition coefficient (Wildman–Crippen LogP) is 3.58. The second-order valence-corrected chi connectivity index (χ2v) is 5.15. The smallest absolute Gasteiger partial charge is 0.317 e. The van der Waals surface area contributed by atoms with E-state index < -0.39 is 11.6 Å². The number of rotatable bonds is 7. The Morgan fingerprint density at radius 3 is 2.58 bits per heavy atom. The highest BCUT2D eigenvalue weighted by atomic mass is 19.1. The van der Waals surface area contributed by atoms with E-state index in [0.717, 1.165) is 17.7 Å². The molecule has 2 amide bonds. The third kappa shape index (κ3) is 5.22. The zero-order valence-corrected chi connectivity index (χ0v) is 13.5. The van der Waals surface area contributed by atoms with Gasteiger partial charge in [-0.05, 0) is 24.6 Å². The average molecular weight is 334 g/mol. The van der Waals surface area contributed by atoms with Crippen LogP contribution >= 0.6 is 0 Å². The van der Waals surface area contributed by atoms with Crippen LogP contribution in [0.4, 0.5) is 13.6 Å². The van der Waals surface area contributed by atoms with Gasteiger partial charge in [-0.3, -0.25) is 0 Å². The molecule has 24 heavy (non-hydrogen) atoms. The predicted molar refractivity (Wildman–Crippen MR) is 87.8 cm³/mol. The van der Waals surface area contributed by atoms with E-state index >= 15 is 0 Å². The first-order valence-electron chi connectivity index (χ1n) is 7.74. The number of hydrogen-bond donors (Lipinski definition) is 1. The minimum atomic E-state index is -0.763. The molecule has 128 valence electrons. The van der Waals surface area contributed by atoms with Crippen molar-refractivity contribution < 1.29 is 18.3 Å². The molecule has 0 atom stereocenters. The van der Waals surface area contributed by atoms with Crippen LogP contribution in [0.1, 0.15) is 12.5 Å². The van der Waals surface area contributed by atoms with Gasteiger partial charge in [-0.15, -0.1) is 0 Å². The van der Waals surface area contributed by atoms with Gasteiger partial charge in [-0.25, -0.2) is 13.6 Å². The SMILES string of the molecule is CCN(Cc1ccccc1)C(=O)NCCOc1ccc(F)cc1F. The number of carbonyl (C=O) groups is 1. The average Bonchev–Trinajstić information content (AvgIpc) is 2.58. The second kappa shape index (κ2) is 8.86. The van der Waals surface area contributed by atoms with E-state index in [1.165, 1.54) is 6.07 Å². The third-order valence-electron chi connectivity index (χ3n) is 3.41. The lowest BCUT2D eigenvalue weighted by Crippen LogP contribution is -2.41. The van der Waals surface area contributed by atoms with Gasteiger partial charge < -0.3 is 15.0 Å². The molecule has 0 spiro atoms. The van der Waals surface area contributed by atoms with Gasteiger partial charge in [-0.2, -0.15) is 0 Å². The fourth-order valence-corrected chi connectivity index (χ4v) is 2.15. The highest BCUT2D eigenvalue weighted by Gasteiger charge is 2.11. The van der Waals surface area contributed by atoms with Crippen LogP contribution in [-0.2, 0) is 6.54 Å². The van der Waals surface area contributed by atoms with Gasteiger partial charge in [0.15, 0.2) is 11.6 Å². The van der Waals surface area contributed by atoms with Gasteiger partial charge in [0.05, 0.1) is 6.54 Å². The minimum absolute atomic E-state index is 0.0396. The summed E-state index contributed by atoms with van der Waals surface area (Å²) >= 11 is 0. The molecule has 0 aromatic heterocycles. The fourth-order valence-electron chi connectivity index (χ4n) is 2.15. The maximum atomic E-state index is 13.4. The summed E-state index contributed by atoms with van der Waals surface area (Å²) in [6.07, 6.45) is 0. The molecule has 0 bridgehead atoms. The Kier molecular flexibility index (Phi) is 6.54. The van der Waals surface area contributed by atoms with Crippen molar-refractivity contribution in [3.05, 3.63) is 65.7 Å². The van der Waals surface area contributed by atoms with E-state index in [9.17, 15) is 13.6 Å². The monoisotopic (exact) mass is 334 g/mol. The first-order chi connectivity index (χ1) is 11.6. The summed E-state index contributed by atoms with van der Waals surface area (Å²) in [5.74, 6) is -1.46. The number of benzene rings is 2. The Morgan fingerprint density at radius 2 is 1.92 bits per heavy atom. The molecule has 2 aromatic rings. The number of nitrogens with zero attached hydrogens (tertiary/aromatic N) is 1. The van der Waals surface area contributed by atoms with Crippen molar-refractivity contribution >= 4 is 6.03 Å². The van der Waals surface area contributed by atoms with Gasteiger partial charge in [0, 0.05) is 19.2 Å². The Hall–Kier alpha value is -2.63. The lowest BCUT2D eigenvalue weighted by atomic mass is 10.2. The molecule has 0 saturated carbocycles. The molecule has 2 aromatic carbocycles. The minimum Gasteiger partial charge on any atom is -0.489 e. The summed E-state index contributed by atoms with van der Waals surface area (Å²) < 4.78 is 31.4. The van der Waals surface area contributed by atoms with Crippen LogP contribution in [0.5, 0.6) is 5.75 Å². The summed E-state index contributed by atoms with van der Waals surface area (Å²) in [4.78, 5) is 13.8. The number of nitrogens with one attached hydrogen (secondary N) is 1. The summed E-state index contributed by atoms with van der Waals surface area (Å²) in [6.45, 7) is 3.29. The highest BCUT2D eigenvalue weighted by Crippen LogP contribution is 2.17. The molecular formula is C18H20F2N2O2. The number of carbonyl (C=O) groups excluding carboxylic acids is 1. The summed E-state index contributed by atoms with van der Waals surface area (Å²) in [7, 11) is 0. The molecule has 6 heteroatoms. The molecule has 0 fully saturated rings. The van der Waals surface area contributed by atoms with Crippen LogP contribution in [-0.4, -0.2) is 30.6 Å². The normalized spacial score (nSPS) is 10.3. The molecule has 0 aliphatic carbocycles. The maximum Gasteiger partial charge on any atom is 0.317 e. The molecule has 0 aliphatic rings. The van der Waals surface area contributed by atoms with Crippen molar-refractivity contribution in [2.75, 3.05) is 19.7 Å². The molecule has 4 nitrogen and oxygen atoms in total. The summed E-state index contributed by atoms with van der Waals surface area (Å²) in [6, 6.07) is 12.6. The van der Waals surface area contributed by atoms with Crippen LogP contribution in [0.3, 0.4) is 0 Å². The molecule has 0 heterocycles. The summed E-state index contributed by atoms with van der Waals surface area (Å²) in [5.41, 5.74) is 1.04. The Bertz CT molecular complexity index is 665. The van der Waals surface area contributed by atoms with E-state index in [-0.39, 0.29) is 24.9 Å². The van der Waals surface area contributed by atoms with Gasteiger partial charge >= 0.3 is 6.03 Å². The van der Waals surface area contributed by atoms with Crippen molar-refractivity contribution in [1.82, 2.24) is 10.2 Å². The van der Waals surface area contributed by atoms with Crippen molar-refractivity contribution in [2.24, 2.45) is 0 Å². The lowest BCUT2D eigenvalue weighted by molar-refractivity contribution is 0.194. The zero-order chi connectivity index (χ0) is 17.4. The number of amides is 2. The molecular weight excluding hydrogens is 314 g/mol. The van der Waals surface area contributed by atoms with Gasteiger partial charge in [-0.1, -0.05) is 30.3 Å². The van der Waals surface area contributed by atoms with Gasteiger partial charge in [0.2, 0.25) is 0 Å². The third-order valence-corrected chi connectivity index (χ3v) is 3.41. The number of halogens is 2.